The molecule has 1 aromatic heterocycles. The van der Waals surface area contributed by atoms with Gasteiger partial charge in [0.1, 0.15) is 9.88 Å². The van der Waals surface area contributed by atoms with Gasteiger partial charge < -0.3 is 10.2 Å². The van der Waals surface area contributed by atoms with Crippen LogP contribution in [0.4, 0.5) is 13.2 Å². The second-order valence-corrected chi connectivity index (χ2v) is 8.02. The first-order valence-corrected chi connectivity index (χ1v) is 10.3. The van der Waals surface area contributed by atoms with Gasteiger partial charge in [0.05, 0.1) is 11.3 Å². The van der Waals surface area contributed by atoms with Crippen molar-refractivity contribution in [3.8, 4) is 10.6 Å². The van der Waals surface area contributed by atoms with E-state index in [0.717, 1.165) is 31.5 Å². The molecule has 0 saturated carbocycles. The van der Waals surface area contributed by atoms with Gasteiger partial charge in [-0.05, 0) is 64.4 Å². The van der Waals surface area contributed by atoms with Crippen molar-refractivity contribution < 1.29 is 18.0 Å². The summed E-state index contributed by atoms with van der Waals surface area (Å²) in [6, 6.07) is 4.85. The largest absolute Gasteiger partial charge is 0.416 e. The third kappa shape index (κ3) is 5.32. The molecule has 28 heavy (non-hydrogen) atoms. The maximum absolute atomic E-state index is 12.7. The number of halogens is 3. The van der Waals surface area contributed by atoms with Gasteiger partial charge in [-0.2, -0.15) is 13.2 Å². The van der Waals surface area contributed by atoms with Gasteiger partial charge in [0.25, 0.3) is 5.91 Å². The Balaban J connectivity index is 1.53. The number of carbonyl (C=O) groups is 1. The number of alkyl halides is 3. The Bertz CT molecular complexity index is 796. The molecule has 152 valence electrons. The van der Waals surface area contributed by atoms with Crippen molar-refractivity contribution in [2.24, 2.45) is 0 Å². The van der Waals surface area contributed by atoms with Crippen LogP contribution in [0, 0.1) is 6.92 Å². The fourth-order valence-corrected chi connectivity index (χ4v) is 4.27. The molecule has 2 heterocycles. The van der Waals surface area contributed by atoms with E-state index in [1.165, 1.54) is 49.4 Å². The van der Waals surface area contributed by atoms with Crippen LogP contribution in [-0.2, 0) is 6.18 Å². The van der Waals surface area contributed by atoms with Gasteiger partial charge in [0, 0.05) is 12.1 Å². The Morgan fingerprint density at radius 3 is 2.50 bits per heavy atom. The molecular weight excluding hydrogens is 387 g/mol. The van der Waals surface area contributed by atoms with Gasteiger partial charge in [0.2, 0.25) is 0 Å². The lowest BCUT2D eigenvalue weighted by atomic mass is 10.1. The zero-order valence-electron chi connectivity index (χ0n) is 15.8. The van der Waals surface area contributed by atoms with Gasteiger partial charge in [0.15, 0.2) is 0 Å². The average Bonchev–Trinajstić information content (AvgIpc) is 3.30. The molecule has 1 aliphatic heterocycles. The molecule has 1 aromatic carbocycles. The molecule has 4 nitrogen and oxygen atoms in total. The SMILES string of the molecule is Cc1nc(-c2ccc(C(F)(F)F)cc2)sc1C(=O)NCCCCN1CCCC1. The van der Waals surface area contributed by atoms with E-state index < -0.39 is 11.7 Å². The van der Waals surface area contributed by atoms with E-state index in [2.05, 4.69) is 15.2 Å². The molecule has 3 rings (SSSR count). The van der Waals surface area contributed by atoms with Gasteiger partial charge in [-0.25, -0.2) is 4.98 Å². The molecular formula is C20H24F3N3OS. The van der Waals surface area contributed by atoms with Crippen molar-refractivity contribution in [1.29, 1.82) is 0 Å². The normalized spacial score (nSPS) is 15.1. The Morgan fingerprint density at radius 1 is 1.18 bits per heavy atom. The maximum atomic E-state index is 12.7. The molecule has 0 aliphatic carbocycles. The molecule has 0 spiro atoms. The number of hydrogen-bond acceptors (Lipinski definition) is 4. The Labute approximate surface area is 166 Å². The topological polar surface area (TPSA) is 45.2 Å². The number of amides is 1. The summed E-state index contributed by atoms with van der Waals surface area (Å²) < 4.78 is 38.1. The lowest BCUT2D eigenvalue weighted by Crippen LogP contribution is -2.26. The van der Waals surface area contributed by atoms with Crippen LogP contribution in [-0.4, -0.2) is 42.0 Å². The zero-order valence-corrected chi connectivity index (χ0v) is 16.6. The molecule has 1 amide bonds. The van der Waals surface area contributed by atoms with E-state index in [1.54, 1.807) is 6.92 Å². The summed E-state index contributed by atoms with van der Waals surface area (Å²) in [5, 5.41) is 3.47. The number of aryl methyl sites for hydroxylation is 1. The minimum atomic E-state index is -4.36. The van der Waals surface area contributed by atoms with Crippen molar-refractivity contribution >= 4 is 17.2 Å². The van der Waals surface area contributed by atoms with Crippen molar-refractivity contribution in [3.05, 3.63) is 40.4 Å². The van der Waals surface area contributed by atoms with Crippen LogP contribution in [0.25, 0.3) is 10.6 Å². The molecule has 0 radical (unpaired) electrons. The average molecular weight is 411 g/mol. The van der Waals surface area contributed by atoms with Crippen LogP contribution in [0.15, 0.2) is 24.3 Å². The Morgan fingerprint density at radius 2 is 1.86 bits per heavy atom. The van der Waals surface area contributed by atoms with Gasteiger partial charge in [-0.3, -0.25) is 4.79 Å². The first-order valence-electron chi connectivity index (χ1n) is 9.50. The first-order chi connectivity index (χ1) is 13.3. The Hall–Kier alpha value is -1.93. The van der Waals surface area contributed by atoms with Crippen LogP contribution in [0.3, 0.4) is 0 Å². The second kappa shape index (κ2) is 9.05. The molecule has 1 fully saturated rings. The number of rotatable bonds is 7. The third-order valence-electron chi connectivity index (χ3n) is 4.85. The van der Waals surface area contributed by atoms with Crippen LogP contribution < -0.4 is 5.32 Å². The number of carbonyl (C=O) groups excluding carboxylic acids is 1. The summed E-state index contributed by atoms with van der Waals surface area (Å²) in [6.07, 6.45) is 0.174. The number of unbranched alkanes of at least 4 members (excludes halogenated alkanes) is 1. The summed E-state index contributed by atoms with van der Waals surface area (Å²) in [4.78, 5) is 19.7. The van der Waals surface area contributed by atoms with Crippen molar-refractivity contribution in [2.75, 3.05) is 26.2 Å². The minimum absolute atomic E-state index is 0.172. The molecule has 0 unspecified atom stereocenters. The molecule has 0 bridgehead atoms. The van der Waals surface area contributed by atoms with Crippen LogP contribution >= 0.6 is 11.3 Å². The third-order valence-corrected chi connectivity index (χ3v) is 6.05. The van der Waals surface area contributed by atoms with Crippen LogP contribution in [0.2, 0.25) is 0 Å². The highest BCUT2D eigenvalue weighted by molar-refractivity contribution is 7.17. The number of nitrogens with zero attached hydrogens (tertiary/aromatic N) is 2. The van der Waals surface area contributed by atoms with Crippen molar-refractivity contribution in [1.82, 2.24) is 15.2 Å². The number of aromatic nitrogens is 1. The fraction of sp³-hybridized carbons (Fsp3) is 0.500. The predicted octanol–water partition coefficient (Wildman–Crippen LogP) is 4.74. The van der Waals surface area contributed by atoms with Gasteiger partial charge in [-0.1, -0.05) is 12.1 Å². The summed E-state index contributed by atoms with van der Waals surface area (Å²) in [6.45, 7) is 5.79. The van der Waals surface area contributed by atoms with Gasteiger partial charge >= 0.3 is 6.18 Å². The molecule has 1 saturated heterocycles. The van der Waals surface area contributed by atoms with E-state index in [-0.39, 0.29) is 5.91 Å². The molecule has 2 aromatic rings. The number of benzene rings is 1. The zero-order chi connectivity index (χ0) is 20.1. The number of thiazole rings is 1. The smallest absolute Gasteiger partial charge is 0.351 e. The summed E-state index contributed by atoms with van der Waals surface area (Å²) >= 11 is 1.21. The molecule has 1 N–H and O–H groups in total. The van der Waals surface area contributed by atoms with E-state index in [9.17, 15) is 18.0 Å². The van der Waals surface area contributed by atoms with E-state index >= 15 is 0 Å². The van der Waals surface area contributed by atoms with Crippen molar-refractivity contribution in [3.63, 3.8) is 0 Å². The Kier molecular flexibility index (Phi) is 6.72. The summed E-state index contributed by atoms with van der Waals surface area (Å²) in [7, 11) is 0. The summed E-state index contributed by atoms with van der Waals surface area (Å²) in [5.41, 5.74) is 0.469. The van der Waals surface area contributed by atoms with Crippen LogP contribution in [0.1, 0.15) is 46.6 Å². The van der Waals surface area contributed by atoms with Crippen molar-refractivity contribution in [2.45, 2.75) is 38.8 Å². The predicted molar refractivity (Wildman–Crippen MR) is 105 cm³/mol. The van der Waals surface area contributed by atoms with E-state index in [4.69, 9.17) is 0 Å². The number of nitrogens with one attached hydrogen (secondary N) is 1. The van der Waals surface area contributed by atoms with E-state index in [1.807, 2.05) is 0 Å². The maximum Gasteiger partial charge on any atom is 0.416 e. The lowest BCUT2D eigenvalue weighted by molar-refractivity contribution is -0.137. The number of hydrogen-bond donors (Lipinski definition) is 1. The quantitative estimate of drug-likeness (QED) is 0.669. The van der Waals surface area contributed by atoms with E-state index in [0.29, 0.717) is 27.7 Å². The second-order valence-electron chi connectivity index (χ2n) is 7.02. The fourth-order valence-electron chi connectivity index (χ4n) is 3.28. The first kappa shape index (κ1) is 20.8. The monoisotopic (exact) mass is 411 g/mol. The highest BCUT2D eigenvalue weighted by atomic mass is 32.1. The molecule has 8 heteroatoms. The number of likely N-dealkylation sites (tertiary alicyclic amines) is 1. The molecule has 1 aliphatic rings. The molecule has 0 atom stereocenters. The van der Waals surface area contributed by atoms with Crippen LogP contribution in [0.5, 0.6) is 0 Å². The highest BCUT2D eigenvalue weighted by Gasteiger charge is 2.30. The minimum Gasteiger partial charge on any atom is -0.351 e. The standard InChI is InChI=1S/C20H24F3N3OS/c1-14-17(18(27)24-10-2-3-11-26-12-4-5-13-26)28-19(25-14)15-6-8-16(9-7-15)20(21,22)23/h6-9H,2-5,10-13H2,1H3,(H,24,27). The highest BCUT2D eigenvalue weighted by Crippen LogP contribution is 2.32. The summed E-state index contributed by atoms with van der Waals surface area (Å²) in [5.74, 6) is -0.172. The lowest BCUT2D eigenvalue weighted by Gasteiger charge is -2.13. The van der Waals surface area contributed by atoms with Gasteiger partial charge in [-0.15, -0.1) is 11.3 Å².